The number of ether oxygens (including phenoxy) is 1. The normalized spacial score (nSPS) is 11.3. The predicted molar refractivity (Wildman–Crippen MR) is 100 cm³/mol. The maximum Gasteiger partial charge on any atom is 0.426 e. The first-order chi connectivity index (χ1) is 13.1. The van der Waals surface area contributed by atoms with Crippen molar-refractivity contribution in [3.8, 4) is 11.1 Å². The van der Waals surface area contributed by atoms with Crippen LogP contribution in [0, 0.1) is 11.6 Å². The van der Waals surface area contributed by atoms with E-state index in [1.807, 2.05) is 0 Å². The molecule has 8 heteroatoms. The van der Waals surface area contributed by atoms with Gasteiger partial charge in [-0.15, -0.1) is 0 Å². The van der Waals surface area contributed by atoms with Gasteiger partial charge in [0.25, 0.3) is 5.91 Å². The monoisotopic (exact) mass is 387 g/mol. The smallest absolute Gasteiger partial charge is 0.426 e. The summed E-state index contributed by atoms with van der Waals surface area (Å²) in [7, 11) is 0. The van der Waals surface area contributed by atoms with Gasteiger partial charge in [0.15, 0.2) is 5.82 Å². The molecule has 2 amide bonds. The van der Waals surface area contributed by atoms with Crippen LogP contribution in [0.3, 0.4) is 0 Å². The molecule has 0 saturated heterocycles. The number of carbonyl (C=O) groups is 2. The van der Waals surface area contributed by atoms with Crippen LogP contribution in [-0.2, 0) is 4.74 Å². The Morgan fingerprint density at radius 2 is 1.61 bits per heavy atom. The molecule has 3 N–H and O–H groups in total. The molecular formula is C20H19F2N3O3. The number of H-pyrrole nitrogens is 1. The number of aromatic amines is 1. The van der Waals surface area contributed by atoms with E-state index in [1.165, 1.54) is 18.2 Å². The van der Waals surface area contributed by atoms with E-state index in [-0.39, 0.29) is 16.9 Å². The average molecular weight is 387 g/mol. The topological polar surface area (TPSA) is 83.2 Å². The molecule has 1 aromatic heterocycles. The van der Waals surface area contributed by atoms with Crippen molar-refractivity contribution in [3.05, 3.63) is 59.8 Å². The van der Waals surface area contributed by atoms with Crippen molar-refractivity contribution in [2.45, 2.75) is 26.4 Å². The minimum atomic E-state index is -0.865. The summed E-state index contributed by atoms with van der Waals surface area (Å²) in [6, 6.07) is 10.7. The van der Waals surface area contributed by atoms with Gasteiger partial charge < -0.3 is 9.72 Å². The maximum absolute atomic E-state index is 14.6. The van der Waals surface area contributed by atoms with Crippen molar-refractivity contribution < 1.29 is 23.1 Å². The SMILES string of the molecule is CC(C)(C)OC(=O)NNC(=O)c1[nH]c2cc(-c3ccc(F)cc3)ccc2c1F. The molecule has 0 spiro atoms. The average Bonchev–Trinajstić information content (AvgIpc) is 2.95. The number of rotatable bonds is 2. The van der Waals surface area contributed by atoms with E-state index in [9.17, 15) is 18.4 Å². The van der Waals surface area contributed by atoms with Gasteiger partial charge in [-0.3, -0.25) is 10.2 Å². The molecular weight excluding hydrogens is 368 g/mol. The minimum Gasteiger partial charge on any atom is -0.443 e. The van der Waals surface area contributed by atoms with E-state index in [2.05, 4.69) is 15.8 Å². The highest BCUT2D eigenvalue weighted by atomic mass is 19.1. The van der Waals surface area contributed by atoms with Crippen molar-refractivity contribution in [3.63, 3.8) is 0 Å². The third-order valence-corrected chi connectivity index (χ3v) is 3.82. The van der Waals surface area contributed by atoms with Crippen LogP contribution < -0.4 is 10.9 Å². The molecule has 0 radical (unpaired) electrons. The highest BCUT2D eigenvalue weighted by Gasteiger charge is 2.20. The van der Waals surface area contributed by atoms with Crippen LogP contribution in [0.4, 0.5) is 13.6 Å². The zero-order valence-electron chi connectivity index (χ0n) is 15.5. The Balaban J connectivity index is 1.80. The summed E-state index contributed by atoms with van der Waals surface area (Å²) in [5.74, 6) is -1.96. The second kappa shape index (κ2) is 7.30. The fraction of sp³-hybridized carbons (Fsp3) is 0.200. The number of hydrogen-bond acceptors (Lipinski definition) is 3. The lowest BCUT2D eigenvalue weighted by Gasteiger charge is -2.19. The van der Waals surface area contributed by atoms with Crippen molar-refractivity contribution in [1.29, 1.82) is 0 Å². The number of fused-ring (bicyclic) bond motifs is 1. The lowest BCUT2D eigenvalue weighted by atomic mass is 10.0. The molecule has 6 nitrogen and oxygen atoms in total. The predicted octanol–water partition coefficient (Wildman–Crippen LogP) is 4.28. The standard InChI is InChI=1S/C20H19F2N3O3/c1-20(2,3)28-19(27)25-24-18(26)17-16(22)14-9-6-12(10-15(14)23-17)11-4-7-13(21)8-5-11/h4-10,23H,1-3H3,(H,24,26)(H,25,27). The molecule has 0 fully saturated rings. The molecule has 0 saturated carbocycles. The Bertz CT molecular complexity index is 1040. The molecule has 2 aromatic carbocycles. The summed E-state index contributed by atoms with van der Waals surface area (Å²) < 4.78 is 32.6. The Morgan fingerprint density at radius 1 is 0.964 bits per heavy atom. The zero-order valence-corrected chi connectivity index (χ0v) is 15.5. The van der Waals surface area contributed by atoms with Gasteiger partial charge in [-0.2, -0.15) is 0 Å². The number of hydrogen-bond donors (Lipinski definition) is 3. The first-order valence-corrected chi connectivity index (χ1v) is 8.50. The second-order valence-corrected chi connectivity index (χ2v) is 7.16. The molecule has 0 bridgehead atoms. The van der Waals surface area contributed by atoms with Gasteiger partial charge in [0.05, 0.1) is 0 Å². The summed E-state index contributed by atoms with van der Waals surface area (Å²) in [6.45, 7) is 5.01. The fourth-order valence-electron chi connectivity index (χ4n) is 2.62. The fourth-order valence-corrected chi connectivity index (χ4v) is 2.62. The minimum absolute atomic E-state index is 0.216. The second-order valence-electron chi connectivity index (χ2n) is 7.16. The molecule has 1 heterocycles. The van der Waals surface area contributed by atoms with Crippen molar-refractivity contribution >= 4 is 22.9 Å². The molecule has 3 rings (SSSR count). The summed E-state index contributed by atoms with van der Waals surface area (Å²) in [5.41, 5.74) is 4.96. The Morgan fingerprint density at radius 3 is 2.25 bits per heavy atom. The number of benzene rings is 2. The third kappa shape index (κ3) is 4.28. The number of amides is 2. The lowest BCUT2D eigenvalue weighted by Crippen LogP contribution is -2.44. The van der Waals surface area contributed by atoms with Gasteiger partial charge >= 0.3 is 6.09 Å². The van der Waals surface area contributed by atoms with E-state index < -0.39 is 23.4 Å². The van der Waals surface area contributed by atoms with Crippen LogP contribution in [-0.4, -0.2) is 22.6 Å². The maximum atomic E-state index is 14.6. The molecule has 0 aliphatic heterocycles. The van der Waals surface area contributed by atoms with Crippen LogP contribution in [0.25, 0.3) is 22.0 Å². The summed E-state index contributed by atoms with van der Waals surface area (Å²) in [4.78, 5) is 26.5. The number of carbonyl (C=O) groups excluding carboxylic acids is 2. The number of hydrazine groups is 1. The quantitative estimate of drug-likeness (QED) is 0.574. The Kier molecular flexibility index (Phi) is 5.04. The van der Waals surface area contributed by atoms with E-state index in [4.69, 9.17) is 4.74 Å². The van der Waals surface area contributed by atoms with E-state index in [0.29, 0.717) is 5.52 Å². The van der Waals surface area contributed by atoms with Crippen LogP contribution >= 0.6 is 0 Å². The largest absolute Gasteiger partial charge is 0.443 e. The summed E-state index contributed by atoms with van der Waals surface area (Å²) in [5, 5.41) is 0.216. The highest BCUT2D eigenvalue weighted by Crippen LogP contribution is 2.27. The highest BCUT2D eigenvalue weighted by molar-refractivity contribution is 5.99. The summed E-state index contributed by atoms with van der Waals surface area (Å²) >= 11 is 0. The van der Waals surface area contributed by atoms with Crippen molar-refractivity contribution in [2.75, 3.05) is 0 Å². The lowest BCUT2D eigenvalue weighted by molar-refractivity contribution is 0.0482. The number of halogens is 2. The van der Waals surface area contributed by atoms with Gasteiger partial charge in [-0.25, -0.2) is 19.0 Å². The molecule has 146 valence electrons. The van der Waals surface area contributed by atoms with Crippen LogP contribution in [0.1, 0.15) is 31.3 Å². The van der Waals surface area contributed by atoms with E-state index in [0.717, 1.165) is 11.1 Å². The zero-order chi connectivity index (χ0) is 20.5. The van der Waals surface area contributed by atoms with Crippen LogP contribution in [0.2, 0.25) is 0 Å². The molecule has 0 aliphatic carbocycles. The van der Waals surface area contributed by atoms with Gasteiger partial charge in [0.1, 0.15) is 17.1 Å². The van der Waals surface area contributed by atoms with Crippen LogP contribution in [0.5, 0.6) is 0 Å². The molecule has 28 heavy (non-hydrogen) atoms. The third-order valence-electron chi connectivity index (χ3n) is 3.82. The first kappa shape index (κ1) is 19.3. The first-order valence-electron chi connectivity index (χ1n) is 8.50. The van der Waals surface area contributed by atoms with Crippen molar-refractivity contribution in [2.24, 2.45) is 0 Å². The van der Waals surface area contributed by atoms with Crippen LogP contribution in [0.15, 0.2) is 42.5 Å². The van der Waals surface area contributed by atoms with Crippen molar-refractivity contribution in [1.82, 2.24) is 15.8 Å². The Hall–Kier alpha value is -3.42. The number of nitrogens with one attached hydrogen (secondary N) is 3. The van der Waals surface area contributed by atoms with Gasteiger partial charge in [-0.1, -0.05) is 18.2 Å². The molecule has 0 atom stereocenters. The van der Waals surface area contributed by atoms with Gasteiger partial charge in [0, 0.05) is 10.9 Å². The molecule has 0 unspecified atom stereocenters. The van der Waals surface area contributed by atoms with E-state index >= 15 is 0 Å². The molecule has 3 aromatic rings. The van der Waals surface area contributed by atoms with Gasteiger partial charge in [-0.05, 0) is 56.2 Å². The Labute approximate surface area is 159 Å². The number of aromatic nitrogens is 1. The van der Waals surface area contributed by atoms with Gasteiger partial charge in [0.2, 0.25) is 0 Å². The molecule has 0 aliphatic rings. The summed E-state index contributed by atoms with van der Waals surface area (Å²) in [6.07, 6.45) is -0.865. The van der Waals surface area contributed by atoms with E-state index in [1.54, 1.807) is 45.0 Å².